The normalized spacial score (nSPS) is 19.6. The zero-order valence-corrected chi connectivity index (χ0v) is 14.1. The minimum Gasteiger partial charge on any atom is -0.444 e. The van der Waals surface area contributed by atoms with E-state index in [1.165, 1.54) is 5.56 Å². The zero-order chi connectivity index (χ0) is 17.1. The topological polar surface area (TPSA) is 58.3 Å². The summed E-state index contributed by atoms with van der Waals surface area (Å²) in [6.45, 7) is 1.08. The number of hydrogen-bond acceptors (Lipinski definition) is 4. The van der Waals surface area contributed by atoms with E-state index >= 15 is 0 Å². The number of nitrogens with one attached hydrogen (secondary N) is 1. The number of aromatic nitrogens is 1. The summed E-state index contributed by atoms with van der Waals surface area (Å²) in [5.74, 6) is 0.624. The third-order valence-electron chi connectivity index (χ3n) is 4.85. The van der Waals surface area contributed by atoms with Gasteiger partial charge in [0.15, 0.2) is 0 Å². The Morgan fingerprint density at radius 2 is 1.88 bits per heavy atom. The number of nitrogens with zero attached hydrogens (tertiary/aromatic N) is 1. The fourth-order valence-electron chi connectivity index (χ4n) is 3.58. The molecule has 0 radical (unpaired) electrons. The van der Waals surface area contributed by atoms with Crippen molar-refractivity contribution in [1.82, 2.24) is 10.3 Å². The van der Waals surface area contributed by atoms with Gasteiger partial charge < -0.3 is 14.8 Å². The van der Waals surface area contributed by atoms with Crippen molar-refractivity contribution in [2.24, 2.45) is 0 Å². The number of rotatable bonds is 5. The Kier molecular flexibility index (Phi) is 4.38. The molecule has 1 aliphatic rings. The monoisotopic (exact) mass is 334 g/mol. The van der Waals surface area contributed by atoms with Crippen LogP contribution in [0, 0.1) is 0 Å². The lowest BCUT2D eigenvalue weighted by Crippen LogP contribution is -2.40. The molecule has 4 heteroatoms. The molecule has 0 amide bonds. The Bertz CT molecular complexity index is 844. The maximum absolute atomic E-state index is 11.1. The van der Waals surface area contributed by atoms with Crippen LogP contribution in [0.15, 0.2) is 65.3 Å². The Morgan fingerprint density at radius 3 is 2.76 bits per heavy atom. The molecule has 1 unspecified atom stereocenters. The predicted molar refractivity (Wildman–Crippen MR) is 96.9 cm³/mol. The number of oxazole rings is 1. The van der Waals surface area contributed by atoms with E-state index < -0.39 is 5.60 Å². The van der Waals surface area contributed by atoms with Gasteiger partial charge in [-0.2, -0.15) is 0 Å². The van der Waals surface area contributed by atoms with Crippen LogP contribution < -0.4 is 5.32 Å². The second-order valence-corrected chi connectivity index (χ2v) is 6.66. The Balaban J connectivity index is 1.41. The highest BCUT2D eigenvalue weighted by molar-refractivity contribution is 5.52. The molecule has 3 aromatic rings. The van der Waals surface area contributed by atoms with E-state index in [2.05, 4.69) is 16.4 Å². The Labute approximate surface area is 147 Å². The fraction of sp³-hybridized carbons (Fsp3) is 0.286. The van der Waals surface area contributed by atoms with Gasteiger partial charge in [-0.15, -0.1) is 0 Å². The second kappa shape index (κ2) is 6.82. The van der Waals surface area contributed by atoms with Crippen molar-refractivity contribution >= 4 is 0 Å². The van der Waals surface area contributed by atoms with Crippen LogP contribution in [-0.4, -0.2) is 16.6 Å². The van der Waals surface area contributed by atoms with Gasteiger partial charge in [0.1, 0.15) is 11.9 Å². The van der Waals surface area contributed by atoms with Crippen molar-refractivity contribution in [2.45, 2.75) is 31.4 Å². The molecular weight excluding hydrogens is 312 g/mol. The van der Waals surface area contributed by atoms with Crippen molar-refractivity contribution < 1.29 is 9.52 Å². The number of aliphatic hydroxyl groups is 1. The van der Waals surface area contributed by atoms with Crippen molar-refractivity contribution in [3.05, 3.63) is 77.7 Å². The Morgan fingerprint density at radius 1 is 1.08 bits per heavy atom. The summed E-state index contributed by atoms with van der Waals surface area (Å²) in [6, 6.07) is 18.1. The lowest BCUT2D eigenvalue weighted by atomic mass is 9.79. The predicted octanol–water partition coefficient (Wildman–Crippen LogP) is 3.66. The SMILES string of the molecule is OC1(CNCc2coc(-c3ccccc3)n2)CCCc2ccccc21. The fourth-order valence-corrected chi connectivity index (χ4v) is 3.58. The lowest BCUT2D eigenvalue weighted by molar-refractivity contribution is 0.0189. The zero-order valence-electron chi connectivity index (χ0n) is 14.1. The molecule has 4 nitrogen and oxygen atoms in total. The van der Waals surface area contributed by atoms with E-state index in [1.807, 2.05) is 48.5 Å². The smallest absolute Gasteiger partial charge is 0.226 e. The number of benzene rings is 2. The van der Waals surface area contributed by atoms with Crippen LogP contribution in [0.3, 0.4) is 0 Å². The van der Waals surface area contributed by atoms with Gasteiger partial charge >= 0.3 is 0 Å². The molecule has 25 heavy (non-hydrogen) atoms. The average Bonchev–Trinajstić information content (AvgIpc) is 3.12. The van der Waals surface area contributed by atoms with E-state index in [-0.39, 0.29) is 0 Å². The molecule has 1 atom stereocenters. The van der Waals surface area contributed by atoms with Crippen LogP contribution in [0.2, 0.25) is 0 Å². The van der Waals surface area contributed by atoms with Crippen molar-refractivity contribution in [3.63, 3.8) is 0 Å². The summed E-state index contributed by atoms with van der Waals surface area (Å²) in [5, 5.41) is 14.4. The summed E-state index contributed by atoms with van der Waals surface area (Å²) >= 11 is 0. The molecule has 0 saturated heterocycles. The van der Waals surface area contributed by atoms with Crippen LogP contribution in [0.5, 0.6) is 0 Å². The molecule has 1 heterocycles. The van der Waals surface area contributed by atoms with Gasteiger partial charge in [0.25, 0.3) is 0 Å². The van der Waals surface area contributed by atoms with Gasteiger partial charge in [0, 0.05) is 18.7 Å². The van der Waals surface area contributed by atoms with Crippen LogP contribution in [0.4, 0.5) is 0 Å². The molecule has 2 N–H and O–H groups in total. The first-order valence-corrected chi connectivity index (χ1v) is 8.76. The molecule has 0 fully saturated rings. The summed E-state index contributed by atoms with van der Waals surface area (Å²) in [7, 11) is 0. The van der Waals surface area contributed by atoms with Gasteiger partial charge in [-0.25, -0.2) is 4.98 Å². The van der Waals surface area contributed by atoms with Crippen LogP contribution in [-0.2, 0) is 18.6 Å². The molecular formula is C21H22N2O2. The average molecular weight is 334 g/mol. The highest BCUT2D eigenvalue weighted by atomic mass is 16.3. The largest absolute Gasteiger partial charge is 0.444 e. The lowest BCUT2D eigenvalue weighted by Gasteiger charge is -2.34. The summed E-state index contributed by atoms with van der Waals surface area (Å²) in [6.07, 6.45) is 4.51. The summed E-state index contributed by atoms with van der Waals surface area (Å²) in [5.41, 5.74) is 3.31. The van der Waals surface area contributed by atoms with E-state index in [9.17, 15) is 5.11 Å². The quantitative estimate of drug-likeness (QED) is 0.748. The molecule has 1 aliphatic carbocycles. The molecule has 0 aliphatic heterocycles. The maximum atomic E-state index is 11.1. The minimum atomic E-state index is -0.805. The van der Waals surface area contributed by atoms with Gasteiger partial charge in [-0.3, -0.25) is 0 Å². The van der Waals surface area contributed by atoms with Crippen molar-refractivity contribution in [3.8, 4) is 11.5 Å². The maximum Gasteiger partial charge on any atom is 0.226 e. The van der Waals surface area contributed by atoms with Crippen molar-refractivity contribution in [2.75, 3.05) is 6.54 Å². The van der Waals surface area contributed by atoms with Crippen LogP contribution in [0.25, 0.3) is 11.5 Å². The standard InChI is InChI=1S/C21H22N2O2/c24-21(12-6-10-16-7-4-5-11-19(16)21)15-22-13-18-14-25-20(23-18)17-8-2-1-3-9-17/h1-5,7-9,11,14,22,24H,6,10,12-13,15H2. The van der Waals surface area contributed by atoms with Gasteiger partial charge in [-0.1, -0.05) is 42.5 Å². The number of hydrogen-bond donors (Lipinski definition) is 2. The van der Waals surface area contributed by atoms with Gasteiger partial charge in [0.05, 0.1) is 5.69 Å². The number of aryl methyl sites for hydroxylation is 1. The molecule has 1 aromatic heterocycles. The third-order valence-corrected chi connectivity index (χ3v) is 4.85. The first-order valence-electron chi connectivity index (χ1n) is 8.76. The molecule has 0 saturated carbocycles. The van der Waals surface area contributed by atoms with E-state index in [1.54, 1.807) is 6.26 Å². The highest BCUT2D eigenvalue weighted by Crippen LogP contribution is 2.34. The van der Waals surface area contributed by atoms with E-state index in [4.69, 9.17) is 4.42 Å². The van der Waals surface area contributed by atoms with E-state index in [0.29, 0.717) is 19.0 Å². The third kappa shape index (κ3) is 3.36. The Hall–Kier alpha value is -2.43. The first-order chi connectivity index (χ1) is 12.2. The summed E-state index contributed by atoms with van der Waals surface area (Å²) < 4.78 is 5.56. The van der Waals surface area contributed by atoms with Gasteiger partial charge in [-0.05, 0) is 42.5 Å². The summed E-state index contributed by atoms with van der Waals surface area (Å²) in [4.78, 5) is 4.52. The van der Waals surface area contributed by atoms with Crippen LogP contribution in [0.1, 0.15) is 29.7 Å². The molecule has 128 valence electrons. The highest BCUT2D eigenvalue weighted by Gasteiger charge is 2.33. The molecule has 4 rings (SSSR count). The van der Waals surface area contributed by atoms with Crippen molar-refractivity contribution in [1.29, 1.82) is 0 Å². The molecule has 2 aromatic carbocycles. The molecule has 0 spiro atoms. The first kappa shape index (κ1) is 16.1. The minimum absolute atomic E-state index is 0.511. The number of fused-ring (bicyclic) bond motifs is 1. The molecule has 0 bridgehead atoms. The second-order valence-electron chi connectivity index (χ2n) is 6.66. The van der Waals surface area contributed by atoms with E-state index in [0.717, 1.165) is 36.1 Å². The van der Waals surface area contributed by atoms with Crippen LogP contribution >= 0.6 is 0 Å². The van der Waals surface area contributed by atoms with Gasteiger partial charge in [0.2, 0.25) is 5.89 Å².